The van der Waals surface area contributed by atoms with Gasteiger partial charge < -0.3 is 9.64 Å². The highest BCUT2D eigenvalue weighted by Gasteiger charge is 2.11. The van der Waals surface area contributed by atoms with Crippen molar-refractivity contribution >= 4 is 38.9 Å². The zero-order valence-electron chi connectivity index (χ0n) is 16.3. The fourth-order valence-electron chi connectivity index (χ4n) is 3.13. The molecule has 0 aliphatic heterocycles. The van der Waals surface area contributed by atoms with E-state index in [2.05, 4.69) is 36.9 Å². The largest absolute Gasteiger partial charge is 0.385 e. The normalized spacial score (nSPS) is 11.2. The van der Waals surface area contributed by atoms with Gasteiger partial charge >= 0.3 is 0 Å². The standard InChI is InChI=1S/C21H31NO2S2/c1-4-22(5-2)18-13-11-12-17-19(16-20(23)26-21(17)18)25-15-10-8-6-7-9-14-24-3/h11-13,16H,4-10,14-15H2,1-3H3. The predicted octanol–water partition coefficient (Wildman–Crippen LogP) is 5.80. The Balaban J connectivity index is 2.04. The molecule has 144 valence electrons. The van der Waals surface area contributed by atoms with Crippen molar-refractivity contribution in [3.05, 3.63) is 33.8 Å². The molecule has 2 rings (SSSR count). The molecule has 0 atom stereocenters. The van der Waals surface area contributed by atoms with Crippen molar-refractivity contribution in [2.45, 2.75) is 50.8 Å². The molecule has 0 spiro atoms. The highest BCUT2D eigenvalue weighted by molar-refractivity contribution is 7.99. The summed E-state index contributed by atoms with van der Waals surface area (Å²) in [5.74, 6) is 1.07. The lowest BCUT2D eigenvalue weighted by molar-refractivity contribution is 0.192. The van der Waals surface area contributed by atoms with Gasteiger partial charge in [-0.25, -0.2) is 0 Å². The van der Waals surface area contributed by atoms with E-state index in [1.807, 2.05) is 17.8 Å². The van der Waals surface area contributed by atoms with Gasteiger partial charge in [0.2, 0.25) is 4.74 Å². The third-order valence-electron chi connectivity index (χ3n) is 4.57. The van der Waals surface area contributed by atoms with Gasteiger partial charge in [0.1, 0.15) is 0 Å². The molecule has 0 N–H and O–H groups in total. The van der Waals surface area contributed by atoms with Crippen LogP contribution in [0.3, 0.4) is 0 Å². The molecule has 0 saturated carbocycles. The molecule has 1 heterocycles. The number of hydrogen-bond donors (Lipinski definition) is 0. The fourth-order valence-corrected chi connectivity index (χ4v) is 5.33. The summed E-state index contributed by atoms with van der Waals surface area (Å²) in [4.78, 5) is 15.7. The van der Waals surface area contributed by atoms with Crippen LogP contribution in [0.4, 0.5) is 5.69 Å². The lowest BCUT2D eigenvalue weighted by atomic mass is 10.2. The average Bonchev–Trinajstić information content (AvgIpc) is 2.65. The SMILES string of the molecule is CCN(CC)c1cccc2c(SCCCCCCCOC)cc(=O)sc12. The zero-order valence-corrected chi connectivity index (χ0v) is 17.9. The maximum Gasteiger partial charge on any atom is 0.234 e. The van der Waals surface area contributed by atoms with Crippen molar-refractivity contribution in [2.75, 3.05) is 37.5 Å². The topological polar surface area (TPSA) is 29.5 Å². The number of anilines is 1. The highest BCUT2D eigenvalue weighted by atomic mass is 32.2. The third kappa shape index (κ3) is 6.00. The highest BCUT2D eigenvalue weighted by Crippen LogP contribution is 2.35. The second-order valence-electron chi connectivity index (χ2n) is 6.36. The van der Waals surface area contributed by atoms with E-state index in [9.17, 15) is 4.79 Å². The van der Waals surface area contributed by atoms with E-state index in [1.54, 1.807) is 7.11 Å². The van der Waals surface area contributed by atoms with Crippen LogP contribution in [0, 0.1) is 0 Å². The van der Waals surface area contributed by atoms with Gasteiger partial charge in [-0.05, 0) is 38.5 Å². The molecule has 1 aromatic carbocycles. The van der Waals surface area contributed by atoms with Gasteiger partial charge in [-0.2, -0.15) is 0 Å². The fraction of sp³-hybridized carbons (Fsp3) is 0.571. The van der Waals surface area contributed by atoms with Crippen LogP contribution < -0.4 is 9.64 Å². The molecule has 26 heavy (non-hydrogen) atoms. The van der Waals surface area contributed by atoms with Crippen LogP contribution in [0.1, 0.15) is 46.0 Å². The van der Waals surface area contributed by atoms with Crippen LogP contribution in [0.2, 0.25) is 0 Å². The summed E-state index contributed by atoms with van der Waals surface area (Å²) in [6, 6.07) is 8.24. The van der Waals surface area contributed by atoms with Crippen LogP contribution in [-0.4, -0.2) is 32.6 Å². The number of methoxy groups -OCH3 is 1. The first kappa shape index (κ1) is 21.3. The van der Waals surface area contributed by atoms with Crippen LogP contribution >= 0.6 is 23.1 Å². The number of fused-ring (bicyclic) bond motifs is 1. The second kappa shape index (κ2) is 11.6. The molecule has 0 saturated heterocycles. The van der Waals surface area contributed by atoms with Crippen molar-refractivity contribution < 1.29 is 4.74 Å². The lowest BCUT2D eigenvalue weighted by Gasteiger charge is -2.22. The minimum Gasteiger partial charge on any atom is -0.385 e. The first-order valence-corrected chi connectivity index (χ1v) is 11.4. The third-order valence-corrected chi connectivity index (χ3v) is 6.66. The number of nitrogens with zero attached hydrogens (tertiary/aromatic N) is 1. The summed E-state index contributed by atoms with van der Waals surface area (Å²) in [5, 5.41) is 1.23. The van der Waals surface area contributed by atoms with Gasteiger partial charge in [0.05, 0.1) is 10.4 Å². The van der Waals surface area contributed by atoms with Crippen molar-refractivity contribution in [3.63, 3.8) is 0 Å². The number of hydrogen-bond acceptors (Lipinski definition) is 5. The van der Waals surface area contributed by atoms with E-state index in [-0.39, 0.29) is 4.74 Å². The van der Waals surface area contributed by atoms with Gasteiger partial charge in [-0.3, -0.25) is 4.79 Å². The molecule has 0 unspecified atom stereocenters. The summed E-state index contributed by atoms with van der Waals surface area (Å²) >= 11 is 3.21. The molecule has 0 bridgehead atoms. The minimum absolute atomic E-state index is 0.152. The van der Waals surface area contributed by atoms with Crippen LogP contribution in [0.15, 0.2) is 34.0 Å². The number of ether oxygens (including phenoxy) is 1. The van der Waals surface area contributed by atoms with Crippen molar-refractivity contribution in [1.82, 2.24) is 0 Å². The van der Waals surface area contributed by atoms with E-state index in [0.717, 1.165) is 41.5 Å². The van der Waals surface area contributed by atoms with E-state index in [1.165, 1.54) is 48.1 Å². The van der Waals surface area contributed by atoms with E-state index >= 15 is 0 Å². The molecule has 0 radical (unpaired) electrons. The predicted molar refractivity (Wildman–Crippen MR) is 117 cm³/mol. The number of rotatable bonds is 12. The Labute approximate surface area is 165 Å². The van der Waals surface area contributed by atoms with Crippen LogP contribution in [0.5, 0.6) is 0 Å². The summed E-state index contributed by atoms with van der Waals surface area (Å²) in [6.07, 6.45) is 6.11. The Kier molecular flexibility index (Phi) is 9.51. The molecule has 1 aromatic heterocycles. The van der Waals surface area contributed by atoms with Gasteiger partial charge in [-0.15, -0.1) is 11.8 Å². The Morgan fingerprint density at radius 3 is 2.54 bits per heavy atom. The minimum atomic E-state index is 0.152. The monoisotopic (exact) mass is 393 g/mol. The molecule has 0 fully saturated rings. The number of benzene rings is 1. The number of thioether (sulfide) groups is 1. The molecule has 2 aromatic rings. The van der Waals surface area contributed by atoms with Crippen molar-refractivity contribution in [2.24, 2.45) is 0 Å². The number of unbranched alkanes of at least 4 members (excludes halogenated alkanes) is 4. The Morgan fingerprint density at radius 2 is 1.81 bits per heavy atom. The summed E-state index contributed by atoms with van der Waals surface area (Å²) in [6.45, 7) is 7.10. The second-order valence-corrected chi connectivity index (χ2v) is 8.52. The molecular weight excluding hydrogens is 362 g/mol. The first-order chi connectivity index (χ1) is 12.7. The Bertz CT molecular complexity index is 726. The Hall–Kier alpha value is -1.04. The van der Waals surface area contributed by atoms with Gasteiger partial charge in [0, 0.05) is 43.2 Å². The molecule has 5 heteroatoms. The Morgan fingerprint density at radius 1 is 1.08 bits per heavy atom. The smallest absolute Gasteiger partial charge is 0.234 e. The van der Waals surface area contributed by atoms with Gasteiger partial charge in [0.15, 0.2) is 0 Å². The summed E-state index contributed by atoms with van der Waals surface area (Å²) in [7, 11) is 1.76. The van der Waals surface area contributed by atoms with Crippen molar-refractivity contribution in [1.29, 1.82) is 0 Å². The maximum absolute atomic E-state index is 12.3. The lowest BCUT2D eigenvalue weighted by Crippen LogP contribution is -2.22. The molecule has 0 aliphatic carbocycles. The molecular formula is C21H31NO2S2. The van der Waals surface area contributed by atoms with E-state index < -0.39 is 0 Å². The molecule has 0 amide bonds. The quantitative estimate of drug-likeness (QED) is 0.337. The molecule has 0 aliphatic rings. The van der Waals surface area contributed by atoms with Crippen LogP contribution in [0.25, 0.3) is 10.1 Å². The summed E-state index contributed by atoms with van der Waals surface area (Å²) in [5.41, 5.74) is 1.19. The van der Waals surface area contributed by atoms with Gasteiger partial charge in [-0.1, -0.05) is 42.7 Å². The maximum atomic E-state index is 12.3. The first-order valence-electron chi connectivity index (χ1n) is 9.64. The van der Waals surface area contributed by atoms with Crippen LogP contribution in [-0.2, 0) is 4.74 Å². The average molecular weight is 394 g/mol. The van der Waals surface area contributed by atoms with Gasteiger partial charge in [0.25, 0.3) is 0 Å². The van der Waals surface area contributed by atoms with E-state index in [0.29, 0.717) is 0 Å². The zero-order chi connectivity index (χ0) is 18.8. The van der Waals surface area contributed by atoms with Crippen molar-refractivity contribution in [3.8, 4) is 0 Å². The molecule has 3 nitrogen and oxygen atoms in total. The van der Waals surface area contributed by atoms with E-state index in [4.69, 9.17) is 4.74 Å². The summed E-state index contributed by atoms with van der Waals surface area (Å²) < 4.78 is 6.37.